The number of thiophene rings is 1. The lowest BCUT2D eigenvalue weighted by Gasteiger charge is -2.34. The summed E-state index contributed by atoms with van der Waals surface area (Å²) in [6.45, 7) is 12.7. The Kier molecular flexibility index (Phi) is 7.47. The van der Waals surface area contributed by atoms with Crippen LogP contribution in [0.5, 0.6) is 0 Å². The Hall–Kier alpha value is -1.82. The number of hydrogen-bond donors (Lipinski definition) is 0. The minimum Gasteiger partial charge on any atom is -0.339 e. The van der Waals surface area contributed by atoms with Gasteiger partial charge in [-0.3, -0.25) is 19.1 Å². The Labute approximate surface area is 205 Å². The molecule has 0 aromatic carbocycles. The van der Waals surface area contributed by atoms with Gasteiger partial charge in [0, 0.05) is 44.1 Å². The molecule has 0 radical (unpaired) electrons. The van der Waals surface area contributed by atoms with E-state index in [4.69, 9.17) is 0 Å². The lowest BCUT2D eigenvalue weighted by molar-refractivity contribution is -0.133. The molecule has 0 spiro atoms. The summed E-state index contributed by atoms with van der Waals surface area (Å²) in [5, 5.41) is 0.108. The van der Waals surface area contributed by atoms with E-state index >= 15 is 0 Å². The second kappa shape index (κ2) is 10.0. The molecule has 4 heterocycles. The van der Waals surface area contributed by atoms with E-state index < -0.39 is 15.6 Å². The third-order valence-corrected chi connectivity index (χ3v) is 9.95. The van der Waals surface area contributed by atoms with Crippen LogP contribution in [-0.2, 0) is 21.4 Å². The zero-order valence-corrected chi connectivity index (χ0v) is 22.1. The van der Waals surface area contributed by atoms with Crippen molar-refractivity contribution in [3.8, 4) is 0 Å². The first-order chi connectivity index (χ1) is 16.1. The second-order valence-corrected chi connectivity index (χ2v) is 12.9. The zero-order valence-electron chi connectivity index (χ0n) is 20.5. The molecule has 188 valence electrons. The molecule has 2 aromatic heterocycles. The Morgan fingerprint density at radius 3 is 2.41 bits per heavy atom. The number of nitrogens with zero attached hydrogens (tertiary/aromatic N) is 5. The van der Waals surface area contributed by atoms with Gasteiger partial charge in [0.25, 0.3) is 5.56 Å². The van der Waals surface area contributed by atoms with Crippen LogP contribution in [0, 0.1) is 18.8 Å². The number of rotatable bonds is 6. The first-order valence-corrected chi connectivity index (χ1v) is 14.4. The van der Waals surface area contributed by atoms with Crippen molar-refractivity contribution < 1.29 is 13.2 Å². The van der Waals surface area contributed by atoms with Gasteiger partial charge in [0.2, 0.25) is 15.9 Å². The standard InChI is InChI=1S/C23H35N5O4S2/c1-5-6-25-7-9-26(10-8-25)19(29)14-27-15-24-22-20(23(27)30)21(18(4)33-22)34(31,32)28-12-16(2)11-17(3)13-28/h15-17H,5-14H2,1-4H3/t16-,17+. The molecule has 0 saturated carbocycles. The van der Waals surface area contributed by atoms with Crippen molar-refractivity contribution in [3.05, 3.63) is 21.6 Å². The molecule has 1 amide bonds. The van der Waals surface area contributed by atoms with Gasteiger partial charge < -0.3 is 4.90 Å². The topological polar surface area (TPSA) is 95.8 Å². The Bertz CT molecular complexity index is 1200. The summed E-state index contributed by atoms with van der Waals surface area (Å²) in [4.78, 5) is 35.9. The van der Waals surface area contributed by atoms with Gasteiger partial charge in [-0.1, -0.05) is 20.8 Å². The smallest absolute Gasteiger partial charge is 0.263 e. The average molecular weight is 510 g/mol. The van der Waals surface area contributed by atoms with E-state index in [0.29, 0.717) is 35.9 Å². The van der Waals surface area contributed by atoms with Crippen LogP contribution in [0.3, 0.4) is 0 Å². The Morgan fingerprint density at radius 1 is 1.15 bits per heavy atom. The van der Waals surface area contributed by atoms with Gasteiger partial charge in [0.1, 0.15) is 16.3 Å². The number of amides is 1. The molecule has 2 saturated heterocycles. The molecule has 2 aliphatic heterocycles. The van der Waals surface area contributed by atoms with Crippen LogP contribution in [0.15, 0.2) is 16.0 Å². The second-order valence-electron chi connectivity index (χ2n) is 9.84. The van der Waals surface area contributed by atoms with Crippen molar-refractivity contribution >= 4 is 37.5 Å². The summed E-state index contributed by atoms with van der Waals surface area (Å²) in [6, 6.07) is 0. The van der Waals surface area contributed by atoms with Gasteiger partial charge in [0.05, 0.1) is 11.7 Å². The van der Waals surface area contributed by atoms with E-state index in [9.17, 15) is 18.0 Å². The van der Waals surface area contributed by atoms with E-state index in [1.165, 1.54) is 26.5 Å². The largest absolute Gasteiger partial charge is 0.339 e. The molecular weight excluding hydrogens is 474 g/mol. The van der Waals surface area contributed by atoms with Crippen molar-refractivity contribution in [3.63, 3.8) is 0 Å². The highest BCUT2D eigenvalue weighted by molar-refractivity contribution is 7.89. The first-order valence-electron chi connectivity index (χ1n) is 12.1. The molecule has 0 bridgehead atoms. The third kappa shape index (κ3) is 4.93. The minimum absolute atomic E-state index is 0.0567. The summed E-state index contributed by atoms with van der Waals surface area (Å²) in [5.41, 5.74) is -0.469. The van der Waals surface area contributed by atoms with Gasteiger partial charge in [-0.25, -0.2) is 13.4 Å². The number of fused-ring (bicyclic) bond motifs is 1. The van der Waals surface area contributed by atoms with E-state index in [-0.39, 0.29) is 34.6 Å². The molecule has 2 aromatic rings. The fourth-order valence-electron chi connectivity index (χ4n) is 5.25. The highest BCUT2D eigenvalue weighted by atomic mass is 32.2. The molecule has 0 N–H and O–H groups in total. The molecule has 9 nitrogen and oxygen atoms in total. The molecule has 11 heteroatoms. The average Bonchev–Trinajstić information content (AvgIpc) is 3.13. The van der Waals surface area contributed by atoms with E-state index in [1.54, 1.807) is 11.8 Å². The van der Waals surface area contributed by atoms with Crippen molar-refractivity contribution in [1.82, 2.24) is 23.7 Å². The maximum absolute atomic E-state index is 13.7. The number of carbonyl (C=O) groups excluding carboxylic acids is 1. The molecule has 0 aliphatic carbocycles. The van der Waals surface area contributed by atoms with E-state index in [2.05, 4.69) is 30.7 Å². The summed E-state index contributed by atoms with van der Waals surface area (Å²) in [7, 11) is -3.85. The van der Waals surface area contributed by atoms with Gasteiger partial charge in [-0.2, -0.15) is 4.31 Å². The van der Waals surface area contributed by atoms with Crippen LogP contribution in [0.25, 0.3) is 10.2 Å². The monoisotopic (exact) mass is 509 g/mol. The number of hydrogen-bond acceptors (Lipinski definition) is 7. The van der Waals surface area contributed by atoms with Crippen LogP contribution >= 0.6 is 11.3 Å². The lowest BCUT2D eigenvalue weighted by Crippen LogP contribution is -2.50. The maximum Gasteiger partial charge on any atom is 0.263 e. The number of aromatic nitrogens is 2. The fraction of sp³-hybridized carbons (Fsp3) is 0.696. The number of piperidine rings is 1. The number of carbonyl (C=O) groups is 1. The normalized spacial score (nSPS) is 23.0. The number of piperazine rings is 1. The highest BCUT2D eigenvalue weighted by Gasteiger charge is 2.36. The summed E-state index contributed by atoms with van der Waals surface area (Å²) >= 11 is 1.21. The number of aryl methyl sites for hydroxylation is 1. The summed E-state index contributed by atoms with van der Waals surface area (Å²) in [5.74, 6) is 0.372. The van der Waals surface area contributed by atoms with Crippen molar-refractivity contribution in [2.75, 3.05) is 45.8 Å². The molecule has 2 aliphatic rings. The summed E-state index contributed by atoms with van der Waals surface area (Å²) < 4.78 is 30.1. The quantitative estimate of drug-likeness (QED) is 0.591. The Morgan fingerprint density at radius 2 is 1.79 bits per heavy atom. The van der Waals surface area contributed by atoms with Gasteiger partial charge in [-0.15, -0.1) is 11.3 Å². The van der Waals surface area contributed by atoms with Gasteiger partial charge >= 0.3 is 0 Å². The van der Waals surface area contributed by atoms with Crippen molar-refractivity contribution in [2.45, 2.75) is 52.0 Å². The van der Waals surface area contributed by atoms with E-state index in [1.807, 2.05) is 0 Å². The van der Waals surface area contributed by atoms with Crippen molar-refractivity contribution in [2.24, 2.45) is 11.8 Å². The zero-order chi connectivity index (χ0) is 24.6. The number of sulfonamides is 1. The van der Waals surface area contributed by atoms with Crippen LogP contribution in [0.4, 0.5) is 0 Å². The predicted molar refractivity (Wildman–Crippen MR) is 134 cm³/mol. The summed E-state index contributed by atoms with van der Waals surface area (Å²) in [6.07, 6.45) is 3.43. The highest BCUT2D eigenvalue weighted by Crippen LogP contribution is 2.35. The van der Waals surface area contributed by atoms with Crippen LogP contribution in [0.2, 0.25) is 0 Å². The third-order valence-electron chi connectivity index (χ3n) is 6.80. The Balaban J connectivity index is 1.62. The molecule has 2 fully saturated rings. The molecular formula is C23H35N5O4S2. The molecule has 2 atom stereocenters. The van der Waals surface area contributed by atoms with E-state index in [0.717, 1.165) is 32.5 Å². The van der Waals surface area contributed by atoms with Crippen LogP contribution < -0.4 is 5.56 Å². The first kappa shape index (κ1) is 25.3. The SMILES string of the molecule is CCCN1CCN(C(=O)Cn2cnc3sc(C)c(S(=O)(=O)N4C[C@H](C)C[C@H](C)C4)c3c2=O)CC1. The minimum atomic E-state index is -3.85. The van der Waals surface area contributed by atoms with Crippen LogP contribution in [-0.4, -0.2) is 83.8 Å². The molecule has 34 heavy (non-hydrogen) atoms. The maximum atomic E-state index is 13.7. The fourth-order valence-corrected chi connectivity index (χ4v) is 8.60. The van der Waals surface area contributed by atoms with Gasteiger partial charge in [0.15, 0.2) is 0 Å². The van der Waals surface area contributed by atoms with Crippen LogP contribution in [0.1, 0.15) is 38.5 Å². The molecule has 4 rings (SSSR count). The van der Waals surface area contributed by atoms with Gasteiger partial charge in [-0.05, 0) is 38.1 Å². The van der Waals surface area contributed by atoms with Crippen molar-refractivity contribution in [1.29, 1.82) is 0 Å². The lowest BCUT2D eigenvalue weighted by atomic mass is 9.94. The molecule has 0 unspecified atom stereocenters. The predicted octanol–water partition coefficient (Wildman–Crippen LogP) is 1.99.